The molecular weight excluding hydrogens is 294 g/mol. The summed E-state index contributed by atoms with van der Waals surface area (Å²) in [5.74, 6) is 1.13. The maximum atomic E-state index is 12.1. The molecule has 2 saturated carbocycles. The van der Waals surface area contributed by atoms with Crippen molar-refractivity contribution in [1.82, 2.24) is 20.5 Å². The third-order valence-corrected chi connectivity index (χ3v) is 5.07. The molecule has 3 N–H and O–H groups in total. The standard InChI is InChI=1S/C16H25N5O2/c22-14(9-11-3-1-2-4-11)19-13-7-5-12(6-8-13)15(23)20-16-17-10-18-21-16/h10-13H,1-9H2,(H,19,22)(H2,17,18,20,21,23). The Morgan fingerprint density at radius 3 is 2.52 bits per heavy atom. The van der Waals surface area contributed by atoms with Crippen LogP contribution in [0.1, 0.15) is 57.8 Å². The van der Waals surface area contributed by atoms with Gasteiger partial charge in [0.1, 0.15) is 6.33 Å². The molecule has 126 valence electrons. The molecule has 1 aromatic rings. The van der Waals surface area contributed by atoms with Gasteiger partial charge < -0.3 is 5.32 Å². The van der Waals surface area contributed by atoms with Crippen LogP contribution in [0.15, 0.2) is 6.33 Å². The van der Waals surface area contributed by atoms with E-state index in [1.165, 1.54) is 32.0 Å². The molecule has 0 aromatic carbocycles. The zero-order chi connectivity index (χ0) is 16.1. The van der Waals surface area contributed by atoms with Crippen LogP contribution in [0.25, 0.3) is 0 Å². The van der Waals surface area contributed by atoms with E-state index in [-0.39, 0.29) is 23.8 Å². The molecule has 0 spiro atoms. The van der Waals surface area contributed by atoms with E-state index < -0.39 is 0 Å². The predicted molar refractivity (Wildman–Crippen MR) is 85.5 cm³/mol. The zero-order valence-electron chi connectivity index (χ0n) is 13.4. The molecule has 2 amide bonds. The topological polar surface area (TPSA) is 99.8 Å². The fraction of sp³-hybridized carbons (Fsp3) is 0.750. The van der Waals surface area contributed by atoms with E-state index >= 15 is 0 Å². The SMILES string of the molecule is O=C(CC1CCCC1)NC1CCC(C(=O)Nc2ncn[nH]2)CC1. The smallest absolute Gasteiger partial charge is 0.229 e. The van der Waals surface area contributed by atoms with Crippen LogP contribution in [0, 0.1) is 11.8 Å². The Hall–Kier alpha value is -1.92. The molecule has 0 radical (unpaired) electrons. The van der Waals surface area contributed by atoms with E-state index in [0.29, 0.717) is 18.3 Å². The lowest BCUT2D eigenvalue weighted by atomic mass is 9.85. The normalized spacial score (nSPS) is 25.2. The average molecular weight is 319 g/mol. The molecule has 0 bridgehead atoms. The van der Waals surface area contributed by atoms with Crippen molar-refractivity contribution in [2.24, 2.45) is 11.8 Å². The van der Waals surface area contributed by atoms with Crippen LogP contribution in [0.3, 0.4) is 0 Å². The van der Waals surface area contributed by atoms with Crippen molar-refractivity contribution in [3.8, 4) is 0 Å². The van der Waals surface area contributed by atoms with Crippen LogP contribution in [0.4, 0.5) is 5.95 Å². The number of anilines is 1. The van der Waals surface area contributed by atoms with Gasteiger partial charge in [0.25, 0.3) is 0 Å². The Labute approximate surface area is 136 Å². The fourth-order valence-electron chi connectivity index (χ4n) is 3.75. The number of aromatic amines is 1. The first-order valence-electron chi connectivity index (χ1n) is 8.66. The summed E-state index contributed by atoms with van der Waals surface area (Å²) < 4.78 is 0. The summed E-state index contributed by atoms with van der Waals surface area (Å²) in [4.78, 5) is 28.1. The molecule has 0 atom stereocenters. The molecule has 0 unspecified atom stereocenters. The van der Waals surface area contributed by atoms with Crippen LogP contribution in [-0.4, -0.2) is 33.0 Å². The summed E-state index contributed by atoms with van der Waals surface area (Å²) in [6.07, 6.45) is 10.3. The first kappa shape index (κ1) is 16.0. The maximum Gasteiger partial charge on any atom is 0.229 e. The molecule has 23 heavy (non-hydrogen) atoms. The van der Waals surface area contributed by atoms with Gasteiger partial charge in [0.2, 0.25) is 17.8 Å². The Morgan fingerprint density at radius 1 is 1.13 bits per heavy atom. The summed E-state index contributed by atoms with van der Waals surface area (Å²) in [7, 11) is 0. The maximum absolute atomic E-state index is 12.1. The Bertz CT molecular complexity index is 517. The van der Waals surface area contributed by atoms with Crippen LogP contribution in [0.2, 0.25) is 0 Å². The second kappa shape index (κ2) is 7.57. The summed E-state index contributed by atoms with van der Waals surface area (Å²) >= 11 is 0. The van der Waals surface area contributed by atoms with Gasteiger partial charge in [-0.3, -0.25) is 14.9 Å². The molecule has 2 aliphatic rings. The molecule has 2 fully saturated rings. The molecule has 0 saturated heterocycles. The monoisotopic (exact) mass is 319 g/mol. The Kier molecular flexibility index (Phi) is 5.25. The highest BCUT2D eigenvalue weighted by Gasteiger charge is 2.28. The average Bonchev–Trinajstić information content (AvgIpc) is 3.21. The minimum absolute atomic E-state index is 0.0110. The van der Waals surface area contributed by atoms with Crippen molar-refractivity contribution < 1.29 is 9.59 Å². The highest BCUT2D eigenvalue weighted by atomic mass is 16.2. The number of carbonyl (C=O) groups is 2. The van der Waals surface area contributed by atoms with Crippen LogP contribution in [-0.2, 0) is 9.59 Å². The van der Waals surface area contributed by atoms with Crippen molar-refractivity contribution in [3.63, 3.8) is 0 Å². The van der Waals surface area contributed by atoms with Crippen molar-refractivity contribution in [1.29, 1.82) is 0 Å². The molecule has 1 aromatic heterocycles. The Balaban J connectivity index is 1.37. The van der Waals surface area contributed by atoms with Crippen molar-refractivity contribution in [3.05, 3.63) is 6.33 Å². The largest absolute Gasteiger partial charge is 0.353 e. The van der Waals surface area contributed by atoms with Crippen molar-refractivity contribution in [2.45, 2.75) is 63.8 Å². The number of nitrogens with zero attached hydrogens (tertiary/aromatic N) is 2. The molecular formula is C16H25N5O2. The van der Waals surface area contributed by atoms with E-state index in [9.17, 15) is 9.59 Å². The van der Waals surface area contributed by atoms with Gasteiger partial charge in [0.05, 0.1) is 0 Å². The van der Waals surface area contributed by atoms with Gasteiger partial charge in [-0.1, -0.05) is 12.8 Å². The van der Waals surface area contributed by atoms with Gasteiger partial charge >= 0.3 is 0 Å². The van der Waals surface area contributed by atoms with Crippen LogP contribution < -0.4 is 10.6 Å². The highest BCUT2D eigenvalue weighted by Crippen LogP contribution is 2.28. The van der Waals surface area contributed by atoms with E-state index in [1.54, 1.807) is 0 Å². The van der Waals surface area contributed by atoms with Crippen molar-refractivity contribution in [2.75, 3.05) is 5.32 Å². The first-order valence-corrected chi connectivity index (χ1v) is 8.66. The summed E-state index contributed by atoms with van der Waals surface area (Å²) in [6.45, 7) is 0. The number of aromatic nitrogens is 3. The lowest BCUT2D eigenvalue weighted by molar-refractivity contribution is -0.123. The van der Waals surface area contributed by atoms with Gasteiger partial charge in [-0.2, -0.15) is 10.1 Å². The summed E-state index contributed by atoms with van der Waals surface area (Å²) in [5.41, 5.74) is 0. The minimum Gasteiger partial charge on any atom is -0.353 e. The second-order valence-electron chi connectivity index (χ2n) is 6.79. The second-order valence-corrected chi connectivity index (χ2v) is 6.79. The number of hydrogen-bond acceptors (Lipinski definition) is 4. The highest BCUT2D eigenvalue weighted by molar-refractivity contribution is 5.90. The third kappa shape index (κ3) is 4.53. The zero-order valence-corrected chi connectivity index (χ0v) is 13.4. The van der Waals surface area contributed by atoms with Crippen molar-refractivity contribution >= 4 is 17.8 Å². The van der Waals surface area contributed by atoms with Gasteiger partial charge in [-0.25, -0.2) is 5.10 Å². The van der Waals surface area contributed by atoms with Crippen LogP contribution in [0.5, 0.6) is 0 Å². The molecule has 2 aliphatic carbocycles. The van der Waals surface area contributed by atoms with Gasteiger partial charge in [-0.05, 0) is 44.4 Å². The Morgan fingerprint density at radius 2 is 1.87 bits per heavy atom. The number of H-pyrrole nitrogens is 1. The van der Waals surface area contributed by atoms with E-state index in [2.05, 4.69) is 25.8 Å². The summed E-state index contributed by atoms with van der Waals surface area (Å²) in [6, 6.07) is 0.221. The lowest BCUT2D eigenvalue weighted by Gasteiger charge is -2.28. The van der Waals surface area contributed by atoms with Gasteiger partial charge in [0.15, 0.2) is 0 Å². The molecule has 7 nitrogen and oxygen atoms in total. The fourth-order valence-corrected chi connectivity index (χ4v) is 3.75. The van der Waals surface area contributed by atoms with Gasteiger partial charge in [-0.15, -0.1) is 0 Å². The van der Waals surface area contributed by atoms with E-state index in [1.807, 2.05) is 0 Å². The molecule has 0 aliphatic heterocycles. The van der Waals surface area contributed by atoms with E-state index in [0.717, 1.165) is 25.7 Å². The first-order chi connectivity index (χ1) is 11.2. The molecule has 7 heteroatoms. The third-order valence-electron chi connectivity index (χ3n) is 5.07. The number of carbonyl (C=O) groups excluding carboxylic acids is 2. The molecule has 3 rings (SSSR count). The lowest BCUT2D eigenvalue weighted by Crippen LogP contribution is -2.40. The van der Waals surface area contributed by atoms with Crippen LogP contribution >= 0.6 is 0 Å². The number of hydrogen-bond donors (Lipinski definition) is 3. The van der Waals surface area contributed by atoms with E-state index in [4.69, 9.17) is 0 Å². The number of nitrogens with one attached hydrogen (secondary N) is 3. The molecule has 1 heterocycles. The number of rotatable bonds is 5. The summed E-state index contributed by atoms with van der Waals surface area (Å²) in [5, 5.41) is 12.2. The number of amides is 2. The predicted octanol–water partition coefficient (Wildman–Crippen LogP) is 2.00. The minimum atomic E-state index is -0.0162. The quantitative estimate of drug-likeness (QED) is 0.773. The van der Waals surface area contributed by atoms with Gasteiger partial charge in [0, 0.05) is 18.4 Å².